The van der Waals surface area contributed by atoms with Crippen molar-refractivity contribution in [2.24, 2.45) is 0 Å². The Balaban J connectivity index is 0.793. The molecule has 9 heteroatoms. The molecule has 17 aromatic rings. The van der Waals surface area contributed by atoms with Gasteiger partial charge in [-0.15, -0.1) is 0 Å². The van der Waals surface area contributed by atoms with Crippen molar-refractivity contribution < 1.29 is 4.42 Å². The Morgan fingerprint density at radius 3 is 1.45 bits per heavy atom. The lowest BCUT2D eigenvalue weighted by atomic mass is 9.33. The fourth-order valence-electron chi connectivity index (χ4n) is 14.8. The first-order valence-corrected chi connectivity index (χ1v) is 32.2. The molecule has 0 spiro atoms. The monoisotopic (exact) mass is 1210 g/mol. The van der Waals surface area contributed by atoms with Crippen molar-refractivity contribution in [2.75, 3.05) is 9.80 Å². The summed E-state index contributed by atoms with van der Waals surface area (Å²) in [6.45, 7) is 0.0461. The van der Waals surface area contributed by atoms with Gasteiger partial charge in [0.15, 0.2) is 11.6 Å². The van der Waals surface area contributed by atoms with E-state index in [1.807, 2.05) is 36.4 Å². The number of furan rings is 1. The SMILES string of the molecule is c1ccc(-c2cc(-c3ccc(-n4c5ccccc5c5c6oc7ccccc7c6ccc54)c(-c4nc(-c5ccccc5)cc(-c5cccc(-c6cccc(N7c8ccccc8B8c9ccccc9N(c9ccccc9)c9cccc7c98)c6)c5)n4)c3)nc(-c3ccccc3)n2)cc1. The molecule has 4 aromatic heterocycles. The summed E-state index contributed by atoms with van der Waals surface area (Å²) in [5.74, 6) is 1.19. The minimum Gasteiger partial charge on any atom is -0.455 e. The quantitative estimate of drug-likeness (QED) is 0.126. The zero-order chi connectivity index (χ0) is 62.5. The maximum Gasteiger partial charge on any atom is 0.252 e. The van der Waals surface area contributed by atoms with Gasteiger partial charge < -0.3 is 18.8 Å². The molecule has 442 valence electrons. The number of anilines is 6. The fraction of sp³-hybridized carbons (Fsp3) is 0. The summed E-state index contributed by atoms with van der Waals surface area (Å²) in [7, 11) is 0. The van der Waals surface area contributed by atoms with Gasteiger partial charge >= 0.3 is 0 Å². The fourth-order valence-corrected chi connectivity index (χ4v) is 14.8. The third kappa shape index (κ3) is 8.92. The Morgan fingerprint density at radius 2 is 0.768 bits per heavy atom. The van der Waals surface area contributed by atoms with Crippen LogP contribution in [0.25, 0.3) is 128 Å². The molecule has 0 fully saturated rings. The topological polar surface area (TPSA) is 76.1 Å². The van der Waals surface area contributed by atoms with Gasteiger partial charge in [-0.3, -0.25) is 0 Å². The predicted molar refractivity (Wildman–Crippen MR) is 391 cm³/mol. The molecule has 19 rings (SSSR count). The van der Waals surface area contributed by atoms with E-state index in [1.54, 1.807) is 0 Å². The molecule has 0 saturated carbocycles. The van der Waals surface area contributed by atoms with E-state index in [0.717, 1.165) is 139 Å². The molecule has 0 bridgehead atoms. The average molecular weight is 1210 g/mol. The Bertz CT molecular complexity index is 5830. The van der Waals surface area contributed by atoms with E-state index in [2.05, 4.69) is 306 Å². The Labute approximate surface area is 548 Å². The van der Waals surface area contributed by atoms with E-state index in [9.17, 15) is 0 Å². The summed E-state index contributed by atoms with van der Waals surface area (Å²) in [5.41, 5.74) is 26.3. The van der Waals surface area contributed by atoms with Crippen LogP contribution in [0, 0.1) is 0 Å². The van der Waals surface area contributed by atoms with Crippen molar-refractivity contribution in [3.05, 3.63) is 328 Å². The number of fused-ring (bicyclic) bond motifs is 11. The summed E-state index contributed by atoms with van der Waals surface area (Å²) < 4.78 is 9.19. The Morgan fingerprint density at radius 1 is 0.284 bits per heavy atom. The third-order valence-corrected chi connectivity index (χ3v) is 19.0. The highest BCUT2D eigenvalue weighted by Crippen LogP contribution is 2.47. The minimum absolute atomic E-state index is 0.0461. The number of rotatable bonds is 10. The molecule has 0 atom stereocenters. The van der Waals surface area contributed by atoms with Crippen LogP contribution in [0.2, 0.25) is 0 Å². The first kappa shape index (κ1) is 54.1. The number of benzene rings is 13. The average Bonchev–Trinajstić information content (AvgIpc) is 1.60. The van der Waals surface area contributed by atoms with E-state index in [1.165, 1.54) is 27.8 Å². The van der Waals surface area contributed by atoms with E-state index >= 15 is 0 Å². The Hall–Kier alpha value is -12.7. The van der Waals surface area contributed by atoms with Crippen molar-refractivity contribution in [1.82, 2.24) is 24.5 Å². The van der Waals surface area contributed by atoms with Gasteiger partial charge in [-0.25, -0.2) is 19.9 Å². The number of hydrogen-bond acceptors (Lipinski definition) is 7. The van der Waals surface area contributed by atoms with Crippen LogP contribution in [-0.2, 0) is 0 Å². The van der Waals surface area contributed by atoms with Crippen molar-refractivity contribution in [3.8, 4) is 84.6 Å². The number of aromatic nitrogens is 5. The molecular formula is C86H54BN7O. The van der Waals surface area contributed by atoms with Crippen molar-refractivity contribution in [2.45, 2.75) is 0 Å². The van der Waals surface area contributed by atoms with E-state index in [0.29, 0.717) is 11.6 Å². The van der Waals surface area contributed by atoms with Crippen molar-refractivity contribution in [1.29, 1.82) is 0 Å². The molecule has 13 aromatic carbocycles. The maximum atomic E-state index is 6.83. The van der Waals surface area contributed by atoms with Gasteiger partial charge in [-0.05, 0) is 131 Å². The van der Waals surface area contributed by atoms with Gasteiger partial charge in [0.05, 0.1) is 44.9 Å². The van der Waals surface area contributed by atoms with E-state index in [4.69, 9.17) is 24.4 Å². The second-order valence-electron chi connectivity index (χ2n) is 24.4. The third-order valence-electron chi connectivity index (χ3n) is 19.0. The van der Waals surface area contributed by atoms with Crippen LogP contribution < -0.4 is 26.2 Å². The molecule has 0 amide bonds. The highest BCUT2D eigenvalue weighted by Gasteiger charge is 2.43. The van der Waals surface area contributed by atoms with E-state index < -0.39 is 0 Å². The smallest absolute Gasteiger partial charge is 0.252 e. The molecule has 95 heavy (non-hydrogen) atoms. The molecule has 0 N–H and O–H groups in total. The van der Waals surface area contributed by atoms with Gasteiger partial charge in [0.2, 0.25) is 0 Å². The van der Waals surface area contributed by atoms with Gasteiger partial charge in [-0.1, -0.05) is 224 Å². The molecule has 6 heterocycles. The van der Waals surface area contributed by atoms with Crippen molar-refractivity contribution >= 4 is 101 Å². The van der Waals surface area contributed by atoms with Gasteiger partial charge in [0, 0.05) is 83.7 Å². The molecule has 0 saturated heterocycles. The molecule has 0 unspecified atom stereocenters. The summed E-state index contributed by atoms with van der Waals surface area (Å²) >= 11 is 0. The highest BCUT2D eigenvalue weighted by molar-refractivity contribution is 7.00. The standard InChI is InChI=1S/C86H54BN7O/c1-5-24-55(25-6-1)70-53-73(89-85(88-70)57-28-9-3-10-29-57)61-46-48-75(94-74-40-17-13-37-66(74)82-78(94)49-47-65-64-36-14-20-45-81(64)95-84(65)82)67(52-61)86-90-71(56-26-7-2-8-27-56)54-72(91-86)60-32-21-30-58(50-60)59-31-22-35-63(51-59)93-77-42-19-16-39-69(77)87-68-38-15-18-41-76(68)92(62-33-11-4-12-34-62)79-43-23-44-80(93)83(79)87/h1-54H. The van der Waals surface area contributed by atoms with Crippen LogP contribution in [0.4, 0.5) is 34.1 Å². The van der Waals surface area contributed by atoms with Crippen LogP contribution in [-0.4, -0.2) is 31.2 Å². The second-order valence-corrected chi connectivity index (χ2v) is 24.4. The van der Waals surface area contributed by atoms with E-state index in [-0.39, 0.29) is 6.71 Å². The first-order chi connectivity index (χ1) is 47.1. The van der Waals surface area contributed by atoms with Crippen molar-refractivity contribution in [3.63, 3.8) is 0 Å². The summed E-state index contributed by atoms with van der Waals surface area (Å²) in [6.07, 6.45) is 0. The maximum absolute atomic E-state index is 6.83. The van der Waals surface area contributed by atoms with Crippen LogP contribution in [0.3, 0.4) is 0 Å². The first-order valence-electron chi connectivity index (χ1n) is 32.2. The lowest BCUT2D eigenvalue weighted by molar-refractivity contribution is 0.673. The second kappa shape index (κ2) is 22.0. The largest absolute Gasteiger partial charge is 0.455 e. The zero-order valence-electron chi connectivity index (χ0n) is 51.3. The summed E-state index contributed by atoms with van der Waals surface area (Å²) in [5, 5.41) is 4.27. The molecule has 0 aliphatic carbocycles. The molecule has 8 nitrogen and oxygen atoms in total. The van der Waals surface area contributed by atoms with Crippen LogP contribution >= 0.6 is 0 Å². The normalized spacial score (nSPS) is 12.4. The number of para-hydroxylation sites is 5. The lowest BCUT2D eigenvalue weighted by Crippen LogP contribution is -2.61. The van der Waals surface area contributed by atoms with Crippen LogP contribution in [0.15, 0.2) is 332 Å². The van der Waals surface area contributed by atoms with Gasteiger partial charge in [0.1, 0.15) is 11.2 Å². The summed E-state index contributed by atoms with van der Waals surface area (Å²) in [6, 6.07) is 116. The molecule has 2 aliphatic rings. The predicted octanol–water partition coefficient (Wildman–Crippen LogP) is 20.0. The van der Waals surface area contributed by atoms with Gasteiger partial charge in [-0.2, -0.15) is 0 Å². The molecule has 2 aliphatic heterocycles. The number of nitrogens with zero attached hydrogens (tertiary/aromatic N) is 7. The molecular weight excluding hydrogens is 1160 g/mol. The van der Waals surface area contributed by atoms with Crippen LogP contribution in [0.5, 0.6) is 0 Å². The molecule has 0 radical (unpaired) electrons. The minimum atomic E-state index is 0.0461. The number of hydrogen-bond donors (Lipinski definition) is 0. The van der Waals surface area contributed by atoms with Crippen LogP contribution in [0.1, 0.15) is 0 Å². The lowest BCUT2D eigenvalue weighted by Gasteiger charge is -2.44. The zero-order valence-corrected chi connectivity index (χ0v) is 51.3. The van der Waals surface area contributed by atoms with Gasteiger partial charge in [0.25, 0.3) is 6.71 Å². The Kier molecular flexibility index (Phi) is 12.5. The summed E-state index contributed by atoms with van der Waals surface area (Å²) in [4.78, 5) is 26.8. The highest BCUT2D eigenvalue weighted by atomic mass is 16.3.